The molecule has 1 aliphatic heterocycles. The molecule has 29 heavy (non-hydrogen) atoms. The summed E-state index contributed by atoms with van der Waals surface area (Å²) in [6, 6.07) is 7.45. The third-order valence-corrected chi connectivity index (χ3v) is 4.68. The first-order chi connectivity index (χ1) is 14.1. The van der Waals surface area contributed by atoms with Crippen LogP contribution in [0, 0.1) is 5.95 Å². The van der Waals surface area contributed by atoms with Crippen LogP contribution >= 0.6 is 0 Å². The third kappa shape index (κ3) is 4.50. The molecule has 0 bridgehead atoms. The van der Waals surface area contributed by atoms with Gasteiger partial charge in [0, 0.05) is 24.7 Å². The fraction of sp³-hybridized carbons (Fsp3) is 0.250. The lowest BCUT2D eigenvalue weighted by molar-refractivity contribution is 0.0836. The zero-order valence-corrected chi connectivity index (χ0v) is 15.5. The van der Waals surface area contributed by atoms with Crippen LogP contribution in [0.15, 0.2) is 42.6 Å². The third-order valence-electron chi connectivity index (χ3n) is 4.68. The van der Waals surface area contributed by atoms with E-state index in [2.05, 4.69) is 25.5 Å². The molecular weight excluding hydrogens is 378 g/mol. The Hall–Kier alpha value is -3.49. The van der Waals surface area contributed by atoms with Gasteiger partial charge in [-0.2, -0.15) is 23.8 Å². The highest BCUT2D eigenvalue weighted by atomic mass is 19.1. The molecule has 7 nitrogen and oxygen atoms in total. The number of nitrogens with one attached hydrogen (secondary N) is 1. The number of piperidine rings is 1. The molecule has 0 amide bonds. The van der Waals surface area contributed by atoms with E-state index in [0.717, 1.165) is 37.9 Å². The number of carbonyl (C=O) groups is 1. The molecule has 1 saturated heterocycles. The minimum Gasteiger partial charge on any atom is -0.341 e. The minimum atomic E-state index is -1.48. The molecule has 3 aromatic rings. The van der Waals surface area contributed by atoms with Crippen LogP contribution in [0.2, 0.25) is 0 Å². The van der Waals surface area contributed by atoms with Crippen LogP contribution < -0.4 is 10.2 Å². The summed E-state index contributed by atoms with van der Waals surface area (Å²) in [4.78, 5) is 21.0. The molecule has 0 saturated carbocycles. The summed E-state index contributed by atoms with van der Waals surface area (Å²) < 4.78 is 26.8. The maximum absolute atomic E-state index is 14.0. The summed E-state index contributed by atoms with van der Waals surface area (Å²) >= 11 is 0. The largest absolute Gasteiger partial charge is 0.341 e. The molecular formula is C20H18F2N6O. The molecule has 148 valence electrons. The second-order valence-corrected chi connectivity index (χ2v) is 6.73. The first-order valence-electron chi connectivity index (χ1n) is 9.28. The summed E-state index contributed by atoms with van der Waals surface area (Å²) in [5, 5.41) is 10.9. The van der Waals surface area contributed by atoms with Crippen LogP contribution in [0.25, 0.3) is 11.1 Å². The van der Waals surface area contributed by atoms with Crippen LogP contribution in [0.3, 0.4) is 0 Å². The van der Waals surface area contributed by atoms with Gasteiger partial charge in [0.1, 0.15) is 5.82 Å². The Labute approximate surface area is 165 Å². The van der Waals surface area contributed by atoms with Gasteiger partial charge in [-0.05, 0) is 43.0 Å². The van der Waals surface area contributed by atoms with Crippen LogP contribution in [0.1, 0.15) is 29.6 Å². The highest BCUT2D eigenvalue weighted by Crippen LogP contribution is 2.24. The Bertz CT molecular complexity index is 1020. The molecule has 0 spiro atoms. The second kappa shape index (κ2) is 8.26. The predicted molar refractivity (Wildman–Crippen MR) is 104 cm³/mol. The van der Waals surface area contributed by atoms with E-state index in [1.165, 1.54) is 24.4 Å². The summed E-state index contributed by atoms with van der Waals surface area (Å²) in [5.41, 5.74) is 1.41. The van der Waals surface area contributed by atoms with Gasteiger partial charge < -0.3 is 10.2 Å². The lowest BCUT2D eigenvalue weighted by Crippen LogP contribution is -2.31. The summed E-state index contributed by atoms with van der Waals surface area (Å²) in [6.45, 7) is 1.60. The summed E-state index contributed by atoms with van der Waals surface area (Å²) in [5.74, 6) is 0.375. The van der Waals surface area contributed by atoms with Gasteiger partial charge in [-0.15, -0.1) is 5.10 Å². The van der Waals surface area contributed by atoms with Gasteiger partial charge in [-0.1, -0.05) is 12.1 Å². The number of anilines is 3. The zero-order valence-electron chi connectivity index (χ0n) is 15.5. The SMILES string of the molecule is O=C(F)c1ccc(-c2cnnc(Nc3cc(F)nc(N4CCCCC4)n3)c2)cc1. The van der Waals surface area contributed by atoms with Crippen molar-refractivity contribution in [3.05, 3.63) is 54.1 Å². The number of rotatable bonds is 5. The Morgan fingerprint density at radius 2 is 1.72 bits per heavy atom. The molecule has 2 aromatic heterocycles. The van der Waals surface area contributed by atoms with Crippen molar-refractivity contribution in [2.24, 2.45) is 0 Å². The van der Waals surface area contributed by atoms with Crippen LogP contribution in [0.5, 0.6) is 0 Å². The normalized spacial score (nSPS) is 13.9. The fourth-order valence-corrected chi connectivity index (χ4v) is 3.22. The van der Waals surface area contributed by atoms with Crippen molar-refractivity contribution in [1.29, 1.82) is 0 Å². The first-order valence-corrected chi connectivity index (χ1v) is 9.28. The van der Waals surface area contributed by atoms with Crippen molar-refractivity contribution in [3.63, 3.8) is 0 Å². The van der Waals surface area contributed by atoms with Crippen LogP contribution in [-0.4, -0.2) is 39.3 Å². The van der Waals surface area contributed by atoms with E-state index in [9.17, 15) is 13.6 Å². The summed E-state index contributed by atoms with van der Waals surface area (Å²) in [6.07, 6.45) is 4.75. The second-order valence-electron chi connectivity index (χ2n) is 6.73. The molecule has 0 unspecified atom stereocenters. The van der Waals surface area contributed by atoms with E-state index in [0.29, 0.717) is 17.3 Å². The van der Waals surface area contributed by atoms with Crippen molar-refractivity contribution < 1.29 is 13.6 Å². The van der Waals surface area contributed by atoms with E-state index in [4.69, 9.17) is 0 Å². The standard InChI is InChI=1S/C20H18F2N6O/c21-16-11-17(26-20(24-16)28-8-2-1-3-9-28)25-18-10-15(12-23-27-18)13-4-6-14(7-5-13)19(22)29/h4-7,10-12H,1-3,8-9H2,(H,24,25,26,27). The van der Waals surface area contributed by atoms with Crippen molar-refractivity contribution in [3.8, 4) is 11.1 Å². The van der Waals surface area contributed by atoms with Crippen molar-refractivity contribution in [2.45, 2.75) is 19.3 Å². The molecule has 4 rings (SSSR count). The highest BCUT2D eigenvalue weighted by molar-refractivity contribution is 5.89. The van der Waals surface area contributed by atoms with Crippen LogP contribution in [-0.2, 0) is 0 Å². The Balaban J connectivity index is 1.56. The Kier molecular flexibility index (Phi) is 5.37. The highest BCUT2D eigenvalue weighted by Gasteiger charge is 2.16. The number of benzene rings is 1. The van der Waals surface area contributed by atoms with E-state index in [1.807, 2.05) is 4.90 Å². The number of aromatic nitrogens is 4. The maximum atomic E-state index is 14.0. The average Bonchev–Trinajstić information content (AvgIpc) is 2.74. The molecule has 3 heterocycles. The van der Waals surface area contributed by atoms with Gasteiger partial charge in [0.2, 0.25) is 11.9 Å². The number of halogens is 2. The van der Waals surface area contributed by atoms with Gasteiger partial charge in [0.15, 0.2) is 5.82 Å². The Morgan fingerprint density at radius 3 is 2.45 bits per heavy atom. The molecule has 1 N–H and O–H groups in total. The number of carbonyl (C=O) groups excluding carboxylic acids is 1. The van der Waals surface area contributed by atoms with E-state index in [-0.39, 0.29) is 11.4 Å². The van der Waals surface area contributed by atoms with Crippen molar-refractivity contribution in [2.75, 3.05) is 23.3 Å². The van der Waals surface area contributed by atoms with Gasteiger partial charge in [-0.25, -0.2) is 0 Å². The maximum Gasteiger partial charge on any atom is 0.332 e. The Morgan fingerprint density at radius 1 is 0.966 bits per heavy atom. The molecule has 0 atom stereocenters. The lowest BCUT2D eigenvalue weighted by Gasteiger charge is -2.26. The number of hydrogen-bond donors (Lipinski definition) is 1. The van der Waals surface area contributed by atoms with E-state index in [1.54, 1.807) is 18.2 Å². The average molecular weight is 396 g/mol. The van der Waals surface area contributed by atoms with Gasteiger partial charge in [-0.3, -0.25) is 4.79 Å². The quantitative estimate of drug-likeness (QED) is 0.517. The van der Waals surface area contributed by atoms with Gasteiger partial charge >= 0.3 is 6.04 Å². The van der Waals surface area contributed by atoms with Gasteiger partial charge in [0.05, 0.1) is 11.8 Å². The predicted octanol–water partition coefficient (Wildman–Crippen LogP) is 3.92. The zero-order chi connectivity index (χ0) is 20.2. The molecule has 0 radical (unpaired) electrons. The van der Waals surface area contributed by atoms with Crippen molar-refractivity contribution in [1.82, 2.24) is 20.2 Å². The molecule has 9 heteroatoms. The molecule has 1 fully saturated rings. The van der Waals surface area contributed by atoms with Crippen molar-refractivity contribution >= 4 is 23.6 Å². The van der Waals surface area contributed by atoms with E-state index < -0.39 is 12.0 Å². The van der Waals surface area contributed by atoms with Crippen LogP contribution in [0.4, 0.5) is 26.4 Å². The minimum absolute atomic E-state index is 0.0178. The van der Waals surface area contributed by atoms with E-state index >= 15 is 0 Å². The first kappa shape index (κ1) is 18.9. The smallest absolute Gasteiger partial charge is 0.332 e. The number of hydrogen-bond acceptors (Lipinski definition) is 7. The molecule has 1 aromatic carbocycles. The molecule has 0 aliphatic carbocycles. The van der Waals surface area contributed by atoms with Gasteiger partial charge in [0.25, 0.3) is 0 Å². The fourth-order valence-electron chi connectivity index (χ4n) is 3.22. The summed E-state index contributed by atoms with van der Waals surface area (Å²) in [7, 11) is 0. The number of nitrogens with zero attached hydrogens (tertiary/aromatic N) is 5. The molecule has 1 aliphatic rings. The topological polar surface area (TPSA) is 83.9 Å². The lowest BCUT2D eigenvalue weighted by atomic mass is 10.1. The monoisotopic (exact) mass is 396 g/mol.